The maximum Gasteiger partial charge on any atom is 0.334 e. The normalized spacial score (nSPS) is 11.8. The summed E-state index contributed by atoms with van der Waals surface area (Å²) in [5.41, 5.74) is -0.0886. The number of nitro groups is 1. The number of amides is 1. The maximum absolute atomic E-state index is 11.3. The zero-order valence-corrected chi connectivity index (χ0v) is 8.41. The van der Waals surface area contributed by atoms with E-state index in [-0.39, 0.29) is 11.5 Å². The minimum atomic E-state index is -1.72. The van der Waals surface area contributed by atoms with Crippen molar-refractivity contribution in [3.63, 3.8) is 0 Å². The summed E-state index contributed by atoms with van der Waals surface area (Å²) >= 11 is 0. The van der Waals surface area contributed by atoms with Gasteiger partial charge >= 0.3 is 11.8 Å². The van der Waals surface area contributed by atoms with Gasteiger partial charge in [-0.25, -0.2) is 9.78 Å². The molecule has 0 aliphatic rings. The number of carbonyl (C=O) groups excluding carboxylic acids is 1. The van der Waals surface area contributed by atoms with Crippen LogP contribution in [0.4, 0.5) is 5.82 Å². The fourth-order valence-electron chi connectivity index (χ4n) is 0.994. The number of carboxylic acid groups (broad SMARTS) is 1. The Morgan fingerprint density at radius 3 is 2.65 bits per heavy atom. The monoisotopic (exact) mass is 243 g/mol. The molecule has 9 nitrogen and oxygen atoms in total. The molecule has 0 fully saturated rings. The number of aliphatic carboxylic acids is 1. The molecule has 0 saturated heterocycles. The minimum Gasteiger partial charge on any atom is -0.479 e. The summed E-state index contributed by atoms with van der Waals surface area (Å²) in [5, 5.41) is 29.7. The van der Waals surface area contributed by atoms with E-state index in [0.717, 1.165) is 6.07 Å². The number of H-pyrrole nitrogens is 1. The van der Waals surface area contributed by atoms with Crippen LogP contribution in [0.3, 0.4) is 0 Å². The number of rotatable bonds is 5. The number of carbonyl (C=O) groups is 2. The van der Waals surface area contributed by atoms with Crippen LogP contribution in [0.5, 0.6) is 0 Å². The molecule has 92 valence electrons. The van der Waals surface area contributed by atoms with Gasteiger partial charge in [0.05, 0.1) is 6.54 Å². The molecule has 0 aliphatic heterocycles. The molecule has 0 aromatic carbocycles. The number of carboxylic acids is 1. The Labute approximate surface area is 94.2 Å². The molecule has 0 saturated carbocycles. The zero-order chi connectivity index (χ0) is 13.0. The van der Waals surface area contributed by atoms with Crippen LogP contribution < -0.4 is 5.32 Å². The first-order chi connectivity index (χ1) is 7.91. The second kappa shape index (κ2) is 5.07. The lowest BCUT2D eigenvalue weighted by atomic mass is 10.3. The largest absolute Gasteiger partial charge is 0.479 e. The molecule has 1 rings (SSSR count). The van der Waals surface area contributed by atoms with Gasteiger partial charge in [-0.1, -0.05) is 0 Å². The molecule has 4 N–H and O–H groups in total. The van der Waals surface area contributed by atoms with Gasteiger partial charge < -0.3 is 25.6 Å². The number of aromatic nitrogens is 1. The highest BCUT2D eigenvalue weighted by Crippen LogP contribution is 2.09. The smallest absolute Gasteiger partial charge is 0.334 e. The third-order valence-corrected chi connectivity index (χ3v) is 1.85. The number of nitrogens with zero attached hydrogens (tertiary/aromatic N) is 1. The predicted molar refractivity (Wildman–Crippen MR) is 53.4 cm³/mol. The van der Waals surface area contributed by atoms with E-state index in [1.807, 2.05) is 0 Å². The van der Waals surface area contributed by atoms with Crippen LogP contribution in [0.15, 0.2) is 12.1 Å². The molecule has 1 heterocycles. The standard InChI is InChI=1S/C8H9N3O6/c12-5(8(14)15)3-9-7(13)4-1-2-6(10-4)11(16)17/h1-2,5,10,12H,3H2,(H,9,13)(H,14,15). The van der Waals surface area contributed by atoms with E-state index in [2.05, 4.69) is 10.3 Å². The van der Waals surface area contributed by atoms with Crippen molar-refractivity contribution in [2.24, 2.45) is 0 Å². The van der Waals surface area contributed by atoms with Crippen molar-refractivity contribution in [3.8, 4) is 0 Å². The third kappa shape index (κ3) is 3.28. The topological polar surface area (TPSA) is 146 Å². The third-order valence-electron chi connectivity index (χ3n) is 1.85. The van der Waals surface area contributed by atoms with Crippen molar-refractivity contribution in [3.05, 3.63) is 27.9 Å². The van der Waals surface area contributed by atoms with Crippen molar-refractivity contribution in [1.82, 2.24) is 10.3 Å². The maximum atomic E-state index is 11.3. The Kier molecular flexibility index (Phi) is 3.78. The zero-order valence-electron chi connectivity index (χ0n) is 8.41. The highest BCUT2D eigenvalue weighted by Gasteiger charge is 2.18. The molecule has 9 heteroatoms. The van der Waals surface area contributed by atoms with Gasteiger partial charge in [-0.15, -0.1) is 0 Å². The van der Waals surface area contributed by atoms with Crippen molar-refractivity contribution in [2.75, 3.05) is 6.54 Å². The lowest BCUT2D eigenvalue weighted by molar-refractivity contribution is -0.389. The summed E-state index contributed by atoms with van der Waals surface area (Å²) in [4.78, 5) is 33.4. The van der Waals surface area contributed by atoms with Gasteiger partial charge in [0.1, 0.15) is 0 Å². The van der Waals surface area contributed by atoms with E-state index in [4.69, 9.17) is 10.2 Å². The number of aromatic amines is 1. The van der Waals surface area contributed by atoms with Gasteiger partial charge in [0, 0.05) is 6.07 Å². The van der Waals surface area contributed by atoms with Crippen molar-refractivity contribution >= 4 is 17.7 Å². The van der Waals surface area contributed by atoms with Crippen LogP contribution >= 0.6 is 0 Å². The lowest BCUT2D eigenvalue weighted by Crippen LogP contribution is -2.36. The number of aliphatic hydroxyl groups excluding tert-OH is 1. The SMILES string of the molecule is O=C(NCC(O)C(=O)O)c1ccc([N+](=O)[O-])[nH]1. The fraction of sp³-hybridized carbons (Fsp3) is 0.250. The van der Waals surface area contributed by atoms with E-state index in [1.165, 1.54) is 6.07 Å². The molecule has 1 amide bonds. The highest BCUT2D eigenvalue weighted by atomic mass is 16.6. The Morgan fingerprint density at radius 1 is 1.53 bits per heavy atom. The number of nitrogens with one attached hydrogen (secondary N) is 2. The summed E-state index contributed by atoms with van der Waals surface area (Å²) in [7, 11) is 0. The predicted octanol–water partition coefficient (Wildman–Crippen LogP) is -0.902. The van der Waals surface area contributed by atoms with E-state index in [0.29, 0.717) is 0 Å². The quantitative estimate of drug-likeness (QED) is 0.389. The van der Waals surface area contributed by atoms with Crippen LogP contribution in [-0.2, 0) is 4.79 Å². The summed E-state index contributed by atoms with van der Waals surface area (Å²) in [6, 6.07) is 2.28. The molecule has 1 aromatic rings. The average molecular weight is 243 g/mol. The van der Waals surface area contributed by atoms with Gasteiger partial charge in [-0.3, -0.25) is 4.79 Å². The Bertz CT molecular complexity index is 454. The van der Waals surface area contributed by atoms with Crippen LogP contribution in [0, 0.1) is 10.1 Å². The van der Waals surface area contributed by atoms with Crippen LogP contribution in [0.1, 0.15) is 10.5 Å². The Balaban J connectivity index is 2.58. The van der Waals surface area contributed by atoms with E-state index in [1.54, 1.807) is 0 Å². The molecule has 0 bridgehead atoms. The van der Waals surface area contributed by atoms with E-state index < -0.39 is 29.4 Å². The molecule has 17 heavy (non-hydrogen) atoms. The summed E-state index contributed by atoms with van der Waals surface area (Å²) in [6.45, 7) is -0.485. The van der Waals surface area contributed by atoms with Crippen molar-refractivity contribution < 1.29 is 24.7 Å². The first-order valence-electron chi connectivity index (χ1n) is 4.44. The molecule has 0 aliphatic carbocycles. The Morgan fingerprint density at radius 2 is 2.18 bits per heavy atom. The van der Waals surface area contributed by atoms with Crippen LogP contribution in [-0.4, -0.2) is 44.6 Å². The molecule has 1 aromatic heterocycles. The van der Waals surface area contributed by atoms with E-state index >= 15 is 0 Å². The summed E-state index contributed by atoms with van der Waals surface area (Å²) in [5.74, 6) is -2.56. The van der Waals surface area contributed by atoms with Crippen molar-refractivity contribution in [2.45, 2.75) is 6.10 Å². The van der Waals surface area contributed by atoms with Gasteiger partial charge in [-0.05, 0) is 11.0 Å². The molecule has 0 spiro atoms. The molecule has 1 unspecified atom stereocenters. The second-order valence-corrected chi connectivity index (χ2v) is 3.08. The first kappa shape index (κ1) is 12.6. The van der Waals surface area contributed by atoms with Gasteiger partial charge in [0.2, 0.25) is 0 Å². The second-order valence-electron chi connectivity index (χ2n) is 3.08. The lowest BCUT2D eigenvalue weighted by Gasteiger charge is -2.05. The number of hydrogen-bond donors (Lipinski definition) is 4. The van der Waals surface area contributed by atoms with Crippen LogP contribution in [0.2, 0.25) is 0 Å². The number of hydrogen-bond acceptors (Lipinski definition) is 5. The number of aliphatic hydroxyl groups is 1. The molecule has 0 radical (unpaired) electrons. The molecule has 1 atom stereocenters. The average Bonchev–Trinajstić information content (AvgIpc) is 2.74. The van der Waals surface area contributed by atoms with Gasteiger partial charge in [-0.2, -0.15) is 0 Å². The Hall–Kier alpha value is -2.42. The minimum absolute atomic E-state index is 0.0886. The summed E-state index contributed by atoms with van der Waals surface area (Å²) < 4.78 is 0. The van der Waals surface area contributed by atoms with Gasteiger partial charge in [0.15, 0.2) is 11.8 Å². The summed E-state index contributed by atoms with van der Waals surface area (Å²) in [6.07, 6.45) is -1.72. The fourth-order valence-corrected chi connectivity index (χ4v) is 0.994. The molecular weight excluding hydrogens is 234 g/mol. The van der Waals surface area contributed by atoms with Gasteiger partial charge in [0.25, 0.3) is 5.91 Å². The van der Waals surface area contributed by atoms with E-state index in [9.17, 15) is 19.7 Å². The van der Waals surface area contributed by atoms with Crippen molar-refractivity contribution in [1.29, 1.82) is 0 Å². The highest BCUT2D eigenvalue weighted by molar-refractivity contribution is 5.93. The molecular formula is C8H9N3O6. The first-order valence-corrected chi connectivity index (χ1v) is 4.44. The van der Waals surface area contributed by atoms with Crippen LogP contribution in [0.25, 0.3) is 0 Å².